The van der Waals surface area contributed by atoms with Crippen LogP contribution in [0.15, 0.2) is 17.2 Å². The van der Waals surface area contributed by atoms with Crippen molar-refractivity contribution in [1.82, 2.24) is 8.87 Å². The molecule has 1 aliphatic rings. The SMILES string of the molecule is CCCn1cc(S(=O)(=O)N2CCOC[C@H]2C)cc1C(=O)O. The first-order valence-corrected chi connectivity index (χ1v) is 8.35. The van der Waals surface area contributed by atoms with Crippen molar-refractivity contribution in [3.63, 3.8) is 0 Å². The standard InChI is InChI=1S/C13H20N2O5S/c1-3-4-14-8-11(7-12(14)13(16)17)21(18,19)15-5-6-20-9-10(15)2/h7-8,10H,3-6,9H2,1-2H3,(H,16,17)/t10-/m1/s1. The zero-order valence-electron chi connectivity index (χ0n) is 12.2. The molecule has 0 aliphatic carbocycles. The summed E-state index contributed by atoms with van der Waals surface area (Å²) in [5.41, 5.74) is -0.00339. The molecule has 0 spiro atoms. The Morgan fingerprint density at radius 2 is 2.24 bits per heavy atom. The molecule has 7 nitrogen and oxygen atoms in total. The Balaban J connectivity index is 2.40. The molecule has 1 aliphatic heterocycles. The minimum absolute atomic E-state index is 0.00339. The predicted molar refractivity (Wildman–Crippen MR) is 75.9 cm³/mol. The quantitative estimate of drug-likeness (QED) is 0.875. The molecule has 21 heavy (non-hydrogen) atoms. The van der Waals surface area contributed by atoms with Gasteiger partial charge in [0.05, 0.1) is 13.2 Å². The van der Waals surface area contributed by atoms with Crippen molar-refractivity contribution in [2.75, 3.05) is 19.8 Å². The first-order chi connectivity index (χ1) is 9.87. The van der Waals surface area contributed by atoms with E-state index >= 15 is 0 Å². The van der Waals surface area contributed by atoms with E-state index < -0.39 is 16.0 Å². The third-order valence-electron chi connectivity index (χ3n) is 3.47. The second-order valence-corrected chi connectivity index (χ2v) is 6.99. The Labute approximate surface area is 124 Å². The Morgan fingerprint density at radius 1 is 1.52 bits per heavy atom. The van der Waals surface area contributed by atoms with E-state index in [1.54, 1.807) is 6.92 Å². The van der Waals surface area contributed by atoms with Crippen molar-refractivity contribution in [3.05, 3.63) is 18.0 Å². The molecule has 0 unspecified atom stereocenters. The number of aromatic nitrogens is 1. The fourth-order valence-electron chi connectivity index (χ4n) is 2.43. The molecular formula is C13H20N2O5S. The van der Waals surface area contributed by atoms with Gasteiger partial charge in [-0.2, -0.15) is 4.31 Å². The summed E-state index contributed by atoms with van der Waals surface area (Å²) in [7, 11) is -3.70. The number of rotatable bonds is 5. The van der Waals surface area contributed by atoms with Crippen molar-refractivity contribution in [2.24, 2.45) is 0 Å². The molecule has 2 heterocycles. The van der Waals surface area contributed by atoms with Gasteiger partial charge < -0.3 is 14.4 Å². The summed E-state index contributed by atoms with van der Waals surface area (Å²) in [6.45, 7) is 5.13. The highest BCUT2D eigenvalue weighted by Gasteiger charge is 2.33. The molecule has 0 bridgehead atoms. The molecule has 1 aromatic rings. The van der Waals surface area contributed by atoms with E-state index in [4.69, 9.17) is 4.74 Å². The molecule has 1 N–H and O–H groups in total. The molecule has 0 saturated carbocycles. The summed E-state index contributed by atoms with van der Waals surface area (Å²) in [5.74, 6) is -1.13. The number of ether oxygens (including phenoxy) is 1. The predicted octanol–water partition coefficient (Wildman–Crippen LogP) is 1.01. The van der Waals surface area contributed by atoms with Gasteiger partial charge in [-0.15, -0.1) is 0 Å². The van der Waals surface area contributed by atoms with E-state index in [-0.39, 0.29) is 23.2 Å². The molecule has 1 aromatic heterocycles. The molecule has 1 atom stereocenters. The molecule has 0 radical (unpaired) electrons. The highest BCUT2D eigenvalue weighted by molar-refractivity contribution is 7.89. The van der Waals surface area contributed by atoms with Crippen LogP contribution in [-0.4, -0.2) is 54.2 Å². The van der Waals surface area contributed by atoms with E-state index in [1.807, 2.05) is 6.92 Å². The largest absolute Gasteiger partial charge is 0.477 e. The number of carboxylic acid groups (broad SMARTS) is 1. The van der Waals surface area contributed by atoms with Crippen LogP contribution in [0.25, 0.3) is 0 Å². The van der Waals surface area contributed by atoms with Crippen LogP contribution >= 0.6 is 0 Å². The van der Waals surface area contributed by atoms with Gasteiger partial charge in [-0.1, -0.05) is 6.92 Å². The number of hydrogen-bond acceptors (Lipinski definition) is 4. The van der Waals surface area contributed by atoms with Crippen molar-refractivity contribution in [1.29, 1.82) is 0 Å². The smallest absolute Gasteiger partial charge is 0.352 e. The number of aryl methyl sites for hydroxylation is 1. The number of nitrogens with zero attached hydrogens (tertiary/aromatic N) is 2. The van der Waals surface area contributed by atoms with Crippen LogP contribution in [0.5, 0.6) is 0 Å². The van der Waals surface area contributed by atoms with Gasteiger partial charge in [0.15, 0.2) is 0 Å². The zero-order chi connectivity index (χ0) is 15.6. The van der Waals surface area contributed by atoms with Gasteiger partial charge in [-0.05, 0) is 19.4 Å². The van der Waals surface area contributed by atoms with E-state index in [0.29, 0.717) is 19.8 Å². The van der Waals surface area contributed by atoms with Crippen molar-refractivity contribution >= 4 is 16.0 Å². The Hall–Kier alpha value is -1.38. The third-order valence-corrected chi connectivity index (χ3v) is 5.45. The normalized spacial score (nSPS) is 20.6. The lowest BCUT2D eigenvalue weighted by Crippen LogP contribution is -2.46. The Bertz CT molecular complexity index is 623. The first-order valence-electron chi connectivity index (χ1n) is 6.91. The molecule has 2 rings (SSSR count). The van der Waals surface area contributed by atoms with Gasteiger partial charge in [-0.3, -0.25) is 0 Å². The zero-order valence-corrected chi connectivity index (χ0v) is 13.0. The number of carbonyl (C=O) groups is 1. The second-order valence-electron chi connectivity index (χ2n) is 5.10. The number of carboxylic acids is 1. The van der Waals surface area contributed by atoms with Crippen molar-refractivity contribution in [2.45, 2.75) is 37.8 Å². The summed E-state index contributed by atoms with van der Waals surface area (Å²) in [6, 6.07) is 0.974. The van der Waals surface area contributed by atoms with Gasteiger partial charge in [-0.25, -0.2) is 13.2 Å². The van der Waals surface area contributed by atoms with Crippen LogP contribution in [0.2, 0.25) is 0 Å². The van der Waals surface area contributed by atoms with Crippen molar-refractivity contribution in [3.8, 4) is 0 Å². The summed E-state index contributed by atoms with van der Waals surface area (Å²) in [6.07, 6.45) is 2.13. The maximum atomic E-state index is 12.7. The van der Waals surface area contributed by atoms with Crippen LogP contribution in [0, 0.1) is 0 Å². The van der Waals surface area contributed by atoms with Gasteiger partial charge in [0.25, 0.3) is 0 Å². The average molecular weight is 316 g/mol. The minimum atomic E-state index is -3.70. The van der Waals surface area contributed by atoms with E-state index in [1.165, 1.54) is 21.1 Å². The highest BCUT2D eigenvalue weighted by atomic mass is 32.2. The molecule has 1 saturated heterocycles. The van der Waals surface area contributed by atoms with Gasteiger partial charge in [0, 0.05) is 25.3 Å². The Kier molecular flexibility index (Phi) is 4.70. The maximum Gasteiger partial charge on any atom is 0.352 e. The lowest BCUT2D eigenvalue weighted by atomic mass is 10.3. The molecule has 0 amide bonds. The minimum Gasteiger partial charge on any atom is -0.477 e. The molecular weight excluding hydrogens is 296 g/mol. The third kappa shape index (κ3) is 3.12. The Morgan fingerprint density at radius 3 is 2.81 bits per heavy atom. The van der Waals surface area contributed by atoms with E-state index in [2.05, 4.69) is 0 Å². The highest BCUT2D eigenvalue weighted by Crippen LogP contribution is 2.23. The number of hydrogen-bond donors (Lipinski definition) is 1. The fourth-order valence-corrected chi connectivity index (χ4v) is 4.08. The summed E-state index contributed by atoms with van der Waals surface area (Å²) in [4.78, 5) is 11.3. The van der Waals surface area contributed by atoms with Crippen molar-refractivity contribution < 1.29 is 23.1 Å². The first kappa shape index (κ1) is 16.0. The van der Waals surface area contributed by atoms with Gasteiger partial charge in [0.1, 0.15) is 10.6 Å². The van der Waals surface area contributed by atoms with Crippen LogP contribution in [0.3, 0.4) is 0 Å². The molecule has 0 aromatic carbocycles. The van der Waals surface area contributed by atoms with Crippen LogP contribution in [0.1, 0.15) is 30.8 Å². The average Bonchev–Trinajstić information content (AvgIpc) is 2.84. The van der Waals surface area contributed by atoms with Crippen LogP contribution in [0.4, 0.5) is 0 Å². The summed E-state index contributed by atoms with van der Waals surface area (Å²) >= 11 is 0. The van der Waals surface area contributed by atoms with E-state index in [0.717, 1.165) is 6.42 Å². The second kappa shape index (κ2) is 6.17. The summed E-state index contributed by atoms with van der Waals surface area (Å²) < 4.78 is 33.4. The molecule has 118 valence electrons. The van der Waals surface area contributed by atoms with E-state index in [9.17, 15) is 18.3 Å². The number of aromatic carboxylic acids is 1. The fraction of sp³-hybridized carbons (Fsp3) is 0.615. The van der Waals surface area contributed by atoms with Gasteiger partial charge >= 0.3 is 5.97 Å². The molecule has 8 heteroatoms. The lowest BCUT2D eigenvalue weighted by molar-refractivity contribution is 0.0393. The summed E-state index contributed by atoms with van der Waals surface area (Å²) in [5, 5.41) is 9.18. The maximum absolute atomic E-state index is 12.7. The molecule has 1 fully saturated rings. The van der Waals surface area contributed by atoms with Crippen LogP contribution < -0.4 is 0 Å². The lowest BCUT2D eigenvalue weighted by Gasteiger charge is -2.31. The number of morpholine rings is 1. The van der Waals surface area contributed by atoms with Gasteiger partial charge in [0.2, 0.25) is 10.0 Å². The monoisotopic (exact) mass is 316 g/mol. The number of sulfonamides is 1. The topological polar surface area (TPSA) is 88.8 Å². The van der Waals surface area contributed by atoms with Crippen LogP contribution in [-0.2, 0) is 21.3 Å².